The summed E-state index contributed by atoms with van der Waals surface area (Å²) in [6.45, 7) is 4.36. The average molecular weight is 434 g/mol. The number of aliphatic hydroxyl groups is 1. The second-order valence-electron chi connectivity index (χ2n) is 8.47. The standard InChI is InChI=1S/C19H26N4O4.C2H4O2/c1-11(25)22-8-12-5-13(9-22)18(23-16(12)3-2-4-17(23)26)19(27)21-14-6-15(10-24)20-7-14;1-2(3)4/h2-4,12-15,18,20,24H,5-10H2,1H3,(H,21,27);1H3,(H,3,4)/t12-,13+,14+,15-,18-;/m1./s1. The molecule has 0 saturated carbocycles. The van der Waals surface area contributed by atoms with Gasteiger partial charge in [0.15, 0.2) is 0 Å². The third-order valence-corrected chi connectivity index (χ3v) is 6.15. The van der Waals surface area contributed by atoms with Crippen LogP contribution in [-0.2, 0) is 14.4 Å². The molecule has 2 amide bonds. The van der Waals surface area contributed by atoms with E-state index in [1.165, 1.54) is 6.07 Å². The van der Waals surface area contributed by atoms with Crippen molar-refractivity contribution in [3.05, 3.63) is 34.2 Å². The number of carboxylic acids is 1. The van der Waals surface area contributed by atoms with E-state index in [4.69, 9.17) is 9.90 Å². The summed E-state index contributed by atoms with van der Waals surface area (Å²) in [6, 6.07) is 4.42. The van der Waals surface area contributed by atoms with Crippen molar-refractivity contribution >= 4 is 17.8 Å². The molecule has 0 aliphatic carbocycles. The molecule has 31 heavy (non-hydrogen) atoms. The first-order valence-electron chi connectivity index (χ1n) is 10.5. The summed E-state index contributed by atoms with van der Waals surface area (Å²) in [7, 11) is 0. The highest BCUT2D eigenvalue weighted by Crippen LogP contribution is 2.41. The van der Waals surface area contributed by atoms with Gasteiger partial charge in [-0.15, -0.1) is 0 Å². The predicted octanol–water partition coefficient (Wildman–Crippen LogP) is -0.715. The molecule has 10 heteroatoms. The summed E-state index contributed by atoms with van der Waals surface area (Å²) in [5, 5.41) is 22.9. The predicted molar refractivity (Wildman–Crippen MR) is 112 cm³/mol. The van der Waals surface area contributed by atoms with Crippen molar-refractivity contribution < 1.29 is 24.6 Å². The number of carbonyl (C=O) groups is 3. The Hall–Kier alpha value is -2.72. The third kappa shape index (κ3) is 5.13. The van der Waals surface area contributed by atoms with Crippen molar-refractivity contribution in [1.29, 1.82) is 0 Å². The monoisotopic (exact) mass is 434 g/mol. The quantitative estimate of drug-likeness (QED) is 0.492. The Balaban J connectivity index is 0.000000628. The number of aliphatic carboxylic acids is 1. The van der Waals surface area contributed by atoms with Gasteiger partial charge in [0.1, 0.15) is 6.04 Å². The summed E-state index contributed by atoms with van der Waals surface area (Å²) < 4.78 is 1.64. The Labute approximate surface area is 180 Å². The smallest absolute Gasteiger partial charge is 0.300 e. The fraction of sp³-hybridized carbons (Fsp3) is 0.619. The van der Waals surface area contributed by atoms with Gasteiger partial charge in [0.25, 0.3) is 11.5 Å². The van der Waals surface area contributed by atoms with E-state index in [2.05, 4.69) is 10.6 Å². The van der Waals surface area contributed by atoms with Gasteiger partial charge in [0.05, 0.1) is 6.61 Å². The van der Waals surface area contributed by atoms with Crippen LogP contribution >= 0.6 is 0 Å². The number of hydrogen-bond acceptors (Lipinski definition) is 6. The first-order chi connectivity index (χ1) is 14.7. The van der Waals surface area contributed by atoms with Gasteiger partial charge >= 0.3 is 0 Å². The zero-order valence-electron chi connectivity index (χ0n) is 17.8. The lowest BCUT2D eigenvalue weighted by Crippen LogP contribution is -2.55. The van der Waals surface area contributed by atoms with Crippen molar-refractivity contribution in [1.82, 2.24) is 20.1 Å². The van der Waals surface area contributed by atoms with Crippen LogP contribution in [-0.4, -0.2) is 75.8 Å². The van der Waals surface area contributed by atoms with Crippen LogP contribution in [0.3, 0.4) is 0 Å². The summed E-state index contributed by atoms with van der Waals surface area (Å²) in [4.78, 5) is 48.5. The van der Waals surface area contributed by atoms with E-state index >= 15 is 0 Å². The number of carboxylic acid groups (broad SMARTS) is 1. The minimum Gasteiger partial charge on any atom is -0.481 e. The van der Waals surface area contributed by atoms with Crippen molar-refractivity contribution in [3.63, 3.8) is 0 Å². The van der Waals surface area contributed by atoms with Gasteiger partial charge in [-0.2, -0.15) is 0 Å². The summed E-state index contributed by atoms with van der Waals surface area (Å²) in [5.74, 6) is -1.01. The molecule has 0 unspecified atom stereocenters. The second-order valence-corrected chi connectivity index (χ2v) is 8.47. The highest BCUT2D eigenvalue weighted by molar-refractivity contribution is 5.82. The first kappa shape index (κ1) is 23.0. The van der Waals surface area contributed by atoms with Crippen LogP contribution < -0.4 is 16.2 Å². The van der Waals surface area contributed by atoms with E-state index in [0.717, 1.165) is 19.0 Å². The largest absolute Gasteiger partial charge is 0.481 e. The average Bonchev–Trinajstić information content (AvgIpc) is 3.15. The molecule has 0 spiro atoms. The minimum absolute atomic E-state index is 0.00127. The SMILES string of the molecule is CC(=O)N1C[C@H]2C[C@@H](C1)[C@H](C(=O)N[C@@H]1CN[C@@H](CO)C1)n1c2cccc1=O.CC(=O)O. The van der Waals surface area contributed by atoms with Crippen molar-refractivity contribution in [2.75, 3.05) is 26.2 Å². The van der Waals surface area contributed by atoms with Crippen LogP contribution in [0.5, 0.6) is 0 Å². The number of carbonyl (C=O) groups excluding carboxylic acids is 2. The molecule has 1 aromatic heterocycles. The maximum Gasteiger partial charge on any atom is 0.300 e. The van der Waals surface area contributed by atoms with Crippen LogP contribution in [0.1, 0.15) is 44.3 Å². The van der Waals surface area contributed by atoms with Crippen LogP contribution in [0.25, 0.3) is 0 Å². The van der Waals surface area contributed by atoms with Crippen molar-refractivity contribution in [3.8, 4) is 0 Å². The van der Waals surface area contributed by atoms with E-state index in [-0.39, 0.29) is 47.9 Å². The number of fused-ring (bicyclic) bond motifs is 4. The number of amides is 2. The molecule has 4 N–H and O–H groups in total. The highest BCUT2D eigenvalue weighted by atomic mass is 16.4. The molecular weight excluding hydrogens is 404 g/mol. The van der Waals surface area contributed by atoms with Crippen molar-refractivity contribution in [2.45, 2.75) is 50.7 Å². The zero-order valence-corrected chi connectivity index (χ0v) is 17.8. The summed E-state index contributed by atoms with van der Waals surface area (Å²) >= 11 is 0. The number of nitrogens with zero attached hydrogens (tertiary/aromatic N) is 2. The van der Waals surface area contributed by atoms with E-state index in [0.29, 0.717) is 26.1 Å². The zero-order chi connectivity index (χ0) is 22.7. The molecule has 2 fully saturated rings. The van der Waals surface area contributed by atoms with Gasteiger partial charge in [-0.05, 0) is 18.9 Å². The molecule has 2 saturated heterocycles. The van der Waals surface area contributed by atoms with E-state index < -0.39 is 12.0 Å². The van der Waals surface area contributed by atoms with E-state index in [1.807, 2.05) is 6.07 Å². The minimum atomic E-state index is -0.833. The van der Waals surface area contributed by atoms with E-state index in [1.54, 1.807) is 22.5 Å². The molecule has 4 rings (SSSR count). The summed E-state index contributed by atoms with van der Waals surface area (Å²) in [5.41, 5.74) is 0.666. The Kier molecular flexibility index (Phi) is 7.11. The topological polar surface area (TPSA) is 141 Å². The number of pyridine rings is 1. The lowest BCUT2D eigenvalue weighted by atomic mass is 9.78. The Morgan fingerprint density at radius 2 is 1.90 bits per heavy atom. The Morgan fingerprint density at radius 3 is 2.52 bits per heavy atom. The van der Waals surface area contributed by atoms with Crippen LogP contribution in [0, 0.1) is 5.92 Å². The van der Waals surface area contributed by atoms with Crippen LogP contribution in [0.4, 0.5) is 0 Å². The summed E-state index contributed by atoms with van der Waals surface area (Å²) in [6.07, 6.45) is 1.46. The molecule has 170 valence electrons. The molecule has 4 heterocycles. The molecule has 0 aromatic carbocycles. The molecule has 3 aliphatic heterocycles. The lowest BCUT2D eigenvalue weighted by molar-refractivity contribution is -0.135. The number of aliphatic hydroxyl groups excluding tert-OH is 1. The van der Waals surface area contributed by atoms with Gasteiger partial charge < -0.3 is 25.7 Å². The van der Waals surface area contributed by atoms with Gasteiger partial charge in [-0.1, -0.05) is 6.07 Å². The molecule has 1 aromatic rings. The normalized spacial score (nSPS) is 28.7. The van der Waals surface area contributed by atoms with Crippen LogP contribution in [0.2, 0.25) is 0 Å². The third-order valence-electron chi connectivity index (χ3n) is 6.15. The molecule has 5 atom stereocenters. The molecule has 2 bridgehead atoms. The highest BCUT2D eigenvalue weighted by Gasteiger charge is 2.44. The molecule has 3 aliphatic rings. The number of hydrogen-bond donors (Lipinski definition) is 4. The maximum atomic E-state index is 13.2. The number of rotatable bonds is 3. The number of aromatic nitrogens is 1. The van der Waals surface area contributed by atoms with Gasteiger partial charge in [0, 0.05) is 69.2 Å². The van der Waals surface area contributed by atoms with Gasteiger partial charge in [-0.3, -0.25) is 23.7 Å². The van der Waals surface area contributed by atoms with Gasteiger partial charge in [0.2, 0.25) is 11.8 Å². The fourth-order valence-corrected chi connectivity index (χ4v) is 4.88. The Morgan fingerprint density at radius 1 is 1.19 bits per heavy atom. The molecule has 0 radical (unpaired) electrons. The second kappa shape index (κ2) is 9.61. The van der Waals surface area contributed by atoms with Crippen molar-refractivity contribution in [2.24, 2.45) is 5.92 Å². The van der Waals surface area contributed by atoms with Crippen LogP contribution in [0.15, 0.2) is 23.0 Å². The van der Waals surface area contributed by atoms with Gasteiger partial charge in [-0.25, -0.2) is 0 Å². The molecular formula is C21H30N4O6. The molecule has 10 nitrogen and oxygen atoms in total. The lowest BCUT2D eigenvalue weighted by Gasteiger charge is -2.46. The number of likely N-dealkylation sites (tertiary alicyclic amines) is 1. The number of nitrogens with one attached hydrogen (secondary N) is 2. The van der Waals surface area contributed by atoms with E-state index in [9.17, 15) is 19.5 Å². The number of piperidine rings is 1. The fourth-order valence-electron chi connectivity index (χ4n) is 4.88. The Bertz CT molecular complexity index is 896. The maximum absolute atomic E-state index is 13.2. The first-order valence-corrected chi connectivity index (χ1v) is 10.5.